The van der Waals surface area contributed by atoms with Crippen LogP contribution in [0.4, 0.5) is 5.69 Å². The SMILES string of the molecule is COc1cccc(C[C@H](C(=O)Nc2cc(C)cc(C)c2)c2nn[nH]n2)c1OC. The molecule has 1 amide bonds. The number of ether oxygens (including phenoxy) is 2. The highest BCUT2D eigenvalue weighted by atomic mass is 16.5. The molecule has 0 fully saturated rings. The number of benzene rings is 2. The number of nitrogens with one attached hydrogen (secondary N) is 2. The van der Waals surface area contributed by atoms with Gasteiger partial charge in [-0.05, 0) is 55.2 Å². The second kappa shape index (κ2) is 8.51. The Morgan fingerprint density at radius 2 is 1.89 bits per heavy atom. The fourth-order valence-electron chi connectivity index (χ4n) is 3.23. The molecule has 0 aliphatic carbocycles. The highest BCUT2D eigenvalue weighted by Gasteiger charge is 2.27. The van der Waals surface area contributed by atoms with E-state index in [9.17, 15) is 4.79 Å². The van der Waals surface area contributed by atoms with E-state index in [1.165, 1.54) is 0 Å². The Labute approximate surface area is 163 Å². The molecule has 28 heavy (non-hydrogen) atoms. The minimum atomic E-state index is -0.652. The normalized spacial score (nSPS) is 11.7. The molecule has 0 aliphatic rings. The zero-order valence-corrected chi connectivity index (χ0v) is 16.3. The molecule has 0 unspecified atom stereocenters. The molecule has 0 aliphatic heterocycles. The molecule has 0 radical (unpaired) electrons. The topological polar surface area (TPSA) is 102 Å². The number of carbonyl (C=O) groups excluding carboxylic acids is 1. The average Bonchev–Trinajstić information content (AvgIpc) is 3.19. The zero-order chi connectivity index (χ0) is 20.1. The summed E-state index contributed by atoms with van der Waals surface area (Å²) in [5.74, 6) is 0.614. The number of H-pyrrole nitrogens is 1. The van der Waals surface area contributed by atoms with Gasteiger partial charge in [0.25, 0.3) is 0 Å². The van der Waals surface area contributed by atoms with Crippen LogP contribution in [0.3, 0.4) is 0 Å². The molecule has 2 aromatic carbocycles. The minimum absolute atomic E-state index is 0.226. The van der Waals surface area contributed by atoms with Crippen LogP contribution in [0.15, 0.2) is 36.4 Å². The van der Waals surface area contributed by atoms with Crippen molar-refractivity contribution in [1.29, 1.82) is 0 Å². The molecular formula is C20H23N5O3. The molecule has 0 bridgehead atoms. The van der Waals surface area contributed by atoms with Gasteiger partial charge in [-0.25, -0.2) is 0 Å². The van der Waals surface area contributed by atoms with Crippen molar-refractivity contribution >= 4 is 11.6 Å². The highest BCUT2D eigenvalue weighted by Crippen LogP contribution is 2.34. The fraction of sp³-hybridized carbons (Fsp3) is 0.300. The lowest BCUT2D eigenvalue weighted by molar-refractivity contribution is -0.117. The van der Waals surface area contributed by atoms with Crippen molar-refractivity contribution in [1.82, 2.24) is 20.6 Å². The number of nitrogens with zero attached hydrogens (tertiary/aromatic N) is 3. The monoisotopic (exact) mass is 381 g/mol. The zero-order valence-electron chi connectivity index (χ0n) is 16.3. The summed E-state index contributed by atoms with van der Waals surface area (Å²) < 4.78 is 10.9. The van der Waals surface area contributed by atoms with Crippen LogP contribution in [0.1, 0.15) is 28.4 Å². The molecule has 146 valence electrons. The molecule has 1 heterocycles. The van der Waals surface area contributed by atoms with Crippen LogP contribution in [0.5, 0.6) is 11.5 Å². The Morgan fingerprint density at radius 1 is 1.14 bits per heavy atom. The number of hydrogen-bond acceptors (Lipinski definition) is 6. The number of tetrazole rings is 1. The molecule has 0 saturated heterocycles. The number of aromatic nitrogens is 4. The van der Waals surface area contributed by atoms with Crippen LogP contribution in [-0.2, 0) is 11.2 Å². The lowest BCUT2D eigenvalue weighted by atomic mass is 9.96. The second-order valence-corrected chi connectivity index (χ2v) is 6.54. The molecule has 0 saturated carbocycles. The van der Waals surface area contributed by atoms with Gasteiger partial charge in [0.2, 0.25) is 5.91 Å². The van der Waals surface area contributed by atoms with Crippen LogP contribution in [0.25, 0.3) is 0 Å². The summed E-state index contributed by atoms with van der Waals surface area (Å²) in [4.78, 5) is 13.1. The van der Waals surface area contributed by atoms with Gasteiger partial charge in [-0.3, -0.25) is 4.79 Å². The van der Waals surface area contributed by atoms with Crippen LogP contribution in [0.2, 0.25) is 0 Å². The van der Waals surface area contributed by atoms with Gasteiger partial charge in [0.1, 0.15) is 5.92 Å². The Bertz CT molecular complexity index is 936. The molecule has 8 nitrogen and oxygen atoms in total. The number of aryl methyl sites for hydroxylation is 2. The van der Waals surface area contributed by atoms with Crippen LogP contribution >= 0.6 is 0 Å². The minimum Gasteiger partial charge on any atom is -0.493 e. The maximum absolute atomic E-state index is 13.1. The number of methoxy groups -OCH3 is 2. The fourth-order valence-corrected chi connectivity index (χ4v) is 3.23. The van der Waals surface area contributed by atoms with Gasteiger partial charge >= 0.3 is 0 Å². The third-order valence-corrected chi connectivity index (χ3v) is 4.39. The Balaban J connectivity index is 1.91. The summed E-state index contributed by atoms with van der Waals surface area (Å²) in [5, 5.41) is 17.0. The molecule has 2 N–H and O–H groups in total. The number of amides is 1. The van der Waals surface area contributed by atoms with Crippen LogP contribution in [0, 0.1) is 13.8 Å². The number of hydrogen-bond donors (Lipinski definition) is 2. The van der Waals surface area contributed by atoms with Gasteiger partial charge in [0.05, 0.1) is 14.2 Å². The Hall–Kier alpha value is -3.42. The van der Waals surface area contributed by atoms with Crippen LogP contribution < -0.4 is 14.8 Å². The summed E-state index contributed by atoms with van der Waals surface area (Å²) >= 11 is 0. The first kappa shape index (κ1) is 19.3. The van der Waals surface area contributed by atoms with Gasteiger partial charge in [-0.15, -0.1) is 10.2 Å². The lowest BCUT2D eigenvalue weighted by Crippen LogP contribution is -2.24. The second-order valence-electron chi connectivity index (χ2n) is 6.54. The van der Waals surface area contributed by atoms with Crippen molar-refractivity contribution in [2.75, 3.05) is 19.5 Å². The Morgan fingerprint density at radius 3 is 2.50 bits per heavy atom. The number of anilines is 1. The predicted octanol–water partition coefficient (Wildman–Crippen LogP) is 2.80. The molecular weight excluding hydrogens is 358 g/mol. The van der Waals surface area contributed by atoms with Crippen molar-refractivity contribution in [2.24, 2.45) is 0 Å². The summed E-state index contributed by atoms with van der Waals surface area (Å²) in [7, 11) is 3.14. The third kappa shape index (κ3) is 4.28. The summed E-state index contributed by atoms with van der Waals surface area (Å²) in [6.07, 6.45) is 0.330. The molecule has 0 spiro atoms. The third-order valence-electron chi connectivity index (χ3n) is 4.39. The summed E-state index contributed by atoms with van der Waals surface area (Å²) in [6.45, 7) is 3.97. The molecule has 1 aromatic heterocycles. The highest BCUT2D eigenvalue weighted by molar-refractivity contribution is 5.95. The largest absolute Gasteiger partial charge is 0.493 e. The van der Waals surface area contributed by atoms with Crippen molar-refractivity contribution < 1.29 is 14.3 Å². The van der Waals surface area contributed by atoms with E-state index in [0.717, 1.165) is 22.4 Å². The van der Waals surface area contributed by atoms with Gasteiger partial charge in [-0.2, -0.15) is 5.21 Å². The van der Waals surface area contributed by atoms with Gasteiger partial charge in [0.15, 0.2) is 17.3 Å². The average molecular weight is 381 g/mol. The molecule has 3 aromatic rings. The maximum Gasteiger partial charge on any atom is 0.235 e. The van der Waals surface area contributed by atoms with E-state index in [-0.39, 0.29) is 5.91 Å². The van der Waals surface area contributed by atoms with E-state index in [1.54, 1.807) is 20.3 Å². The van der Waals surface area contributed by atoms with Crippen molar-refractivity contribution in [3.63, 3.8) is 0 Å². The maximum atomic E-state index is 13.1. The van der Waals surface area contributed by atoms with Crippen LogP contribution in [-0.4, -0.2) is 40.8 Å². The Kier molecular flexibility index (Phi) is 5.88. The molecule has 8 heteroatoms. The molecule has 1 atom stereocenters. The lowest BCUT2D eigenvalue weighted by Gasteiger charge is -2.17. The van der Waals surface area contributed by atoms with Gasteiger partial charge in [-0.1, -0.05) is 23.4 Å². The number of carbonyl (C=O) groups is 1. The first-order chi connectivity index (χ1) is 13.5. The standard InChI is InChI=1S/C20H23N5O3/c1-12-8-13(2)10-15(9-12)21-20(26)16(19-22-24-25-23-19)11-14-6-5-7-17(27-3)18(14)28-4/h5-10,16H,11H2,1-4H3,(H,21,26)(H,22,23,24,25)/t16-/m0/s1. The number of para-hydroxylation sites is 1. The number of aromatic amines is 1. The predicted molar refractivity (Wildman–Crippen MR) is 105 cm³/mol. The number of rotatable bonds is 7. The van der Waals surface area contributed by atoms with Crippen molar-refractivity contribution in [3.8, 4) is 11.5 Å². The van der Waals surface area contributed by atoms with E-state index in [0.29, 0.717) is 23.7 Å². The smallest absolute Gasteiger partial charge is 0.235 e. The van der Waals surface area contributed by atoms with Crippen molar-refractivity contribution in [3.05, 3.63) is 58.9 Å². The first-order valence-electron chi connectivity index (χ1n) is 8.84. The summed E-state index contributed by atoms with van der Waals surface area (Å²) in [5.41, 5.74) is 3.68. The van der Waals surface area contributed by atoms with E-state index >= 15 is 0 Å². The summed E-state index contributed by atoms with van der Waals surface area (Å²) in [6, 6.07) is 11.4. The quantitative estimate of drug-likeness (QED) is 0.652. The van der Waals surface area contributed by atoms with E-state index in [1.807, 2.05) is 44.2 Å². The van der Waals surface area contributed by atoms with E-state index in [2.05, 4.69) is 25.9 Å². The first-order valence-corrected chi connectivity index (χ1v) is 8.84. The van der Waals surface area contributed by atoms with E-state index in [4.69, 9.17) is 9.47 Å². The molecule has 3 rings (SSSR count). The van der Waals surface area contributed by atoms with Gasteiger partial charge in [0, 0.05) is 5.69 Å². The van der Waals surface area contributed by atoms with Crippen molar-refractivity contribution in [2.45, 2.75) is 26.2 Å². The van der Waals surface area contributed by atoms with Gasteiger partial charge < -0.3 is 14.8 Å². The van der Waals surface area contributed by atoms with E-state index < -0.39 is 5.92 Å².